The number of carbonyl (C=O) groups excluding carboxylic acids is 2. The van der Waals surface area contributed by atoms with E-state index in [4.69, 9.17) is 14.9 Å². The first-order valence-corrected chi connectivity index (χ1v) is 11.3. The molecule has 1 atom stereocenters. The van der Waals surface area contributed by atoms with Crippen LogP contribution in [-0.4, -0.2) is 40.3 Å². The molecule has 0 saturated heterocycles. The molecule has 2 aromatic heterocycles. The van der Waals surface area contributed by atoms with Crippen molar-refractivity contribution in [1.29, 1.82) is 5.41 Å². The van der Waals surface area contributed by atoms with E-state index in [1.165, 1.54) is 25.1 Å². The molecular formula is C25H23BrN4O4. The fourth-order valence-corrected chi connectivity index (χ4v) is 4.14. The molecule has 2 heterocycles. The number of aromatic nitrogens is 3. The number of hydrogen-bond acceptors (Lipinski definition) is 6. The summed E-state index contributed by atoms with van der Waals surface area (Å²) < 4.78 is 14.0. The molecule has 4 rings (SSSR count). The summed E-state index contributed by atoms with van der Waals surface area (Å²) in [5.41, 5.74) is 3.45. The number of hydrogen-bond donors (Lipinski definition) is 1. The fraction of sp³-hybridized carbons (Fsp3) is 0.200. The van der Waals surface area contributed by atoms with Gasteiger partial charge in [0.05, 0.1) is 32.4 Å². The van der Waals surface area contributed by atoms with Crippen LogP contribution in [0.3, 0.4) is 0 Å². The van der Waals surface area contributed by atoms with Crippen molar-refractivity contribution < 1.29 is 19.1 Å². The zero-order valence-electron chi connectivity index (χ0n) is 18.7. The van der Waals surface area contributed by atoms with Gasteiger partial charge in [-0.1, -0.05) is 58.4 Å². The summed E-state index contributed by atoms with van der Waals surface area (Å²) in [6.45, 7) is 0.551. The highest BCUT2D eigenvalue weighted by molar-refractivity contribution is 9.10. The van der Waals surface area contributed by atoms with Gasteiger partial charge < -0.3 is 18.6 Å². The molecule has 4 aromatic rings. The second kappa shape index (κ2) is 10.0. The van der Waals surface area contributed by atoms with Crippen LogP contribution in [0.4, 0.5) is 0 Å². The van der Waals surface area contributed by atoms with E-state index in [0.717, 1.165) is 21.2 Å². The van der Waals surface area contributed by atoms with Crippen molar-refractivity contribution in [3.63, 3.8) is 0 Å². The first kappa shape index (κ1) is 23.4. The van der Waals surface area contributed by atoms with Gasteiger partial charge in [0.15, 0.2) is 0 Å². The Hall–Kier alpha value is -3.72. The molecule has 34 heavy (non-hydrogen) atoms. The van der Waals surface area contributed by atoms with E-state index in [2.05, 4.69) is 20.9 Å². The average molecular weight is 523 g/mol. The van der Waals surface area contributed by atoms with Crippen molar-refractivity contribution in [3.8, 4) is 11.1 Å². The summed E-state index contributed by atoms with van der Waals surface area (Å²) in [6, 6.07) is 16.6. The third-order valence-electron chi connectivity index (χ3n) is 5.60. The number of halogens is 1. The molecule has 9 heteroatoms. The normalized spacial score (nSPS) is 11.9. The Bertz CT molecular complexity index is 1390. The van der Waals surface area contributed by atoms with Crippen LogP contribution >= 0.6 is 15.9 Å². The molecule has 174 valence electrons. The van der Waals surface area contributed by atoms with Crippen molar-refractivity contribution in [2.24, 2.45) is 0 Å². The molecule has 0 amide bonds. The lowest BCUT2D eigenvalue weighted by Gasteiger charge is -2.17. The van der Waals surface area contributed by atoms with Crippen molar-refractivity contribution in [1.82, 2.24) is 14.1 Å². The molecule has 0 bridgehead atoms. The number of fused-ring (bicyclic) bond motifs is 1. The van der Waals surface area contributed by atoms with Gasteiger partial charge in [-0.25, -0.2) is 9.78 Å². The van der Waals surface area contributed by atoms with E-state index < -0.39 is 18.0 Å². The van der Waals surface area contributed by atoms with Crippen LogP contribution in [0.1, 0.15) is 18.0 Å². The Morgan fingerprint density at radius 3 is 2.41 bits per heavy atom. The van der Waals surface area contributed by atoms with E-state index in [9.17, 15) is 9.59 Å². The maximum atomic E-state index is 12.5. The zero-order chi connectivity index (χ0) is 24.2. The maximum absolute atomic E-state index is 12.5. The predicted molar refractivity (Wildman–Crippen MR) is 130 cm³/mol. The molecule has 0 aliphatic rings. The molecule has 0 radical (unpaired) electrons. The van der Waals surface area contributed by atoms with E-state index in [1.807, 2.05) is 65.4 Å². The highest BCUT2D eigenvalue weighted by Crippen LogP contribution is 2.29. The van der Waals surface area contributed by atoms with Crippen LogP contribution in [0.25, 0.3) is 22.2 Å². The van der Waals surface area contributed by atoms with Crippen molar-refractivity contribution in [3.05, 3.63) is 82.6 Å². The van der Waals surface area contributed by atoms with Crippen LogP contribution in [-0.2, 0) is 25.6 Å². The van der Waals surface area contributed by atoms with Gasteiger partial charge in [0.2, 0.25) is 0 Å². The lowest BCUT2D eigenvalue weighted by atomic mass is 10.1. The molecular weight excluding hydrogens is 500 g/mol. The van der Waals surface area contributed by atoms with Gasteiger partial charge in [-0.05, 0) is 23.3 Å². The average Bonchev–Trinajstić information content (AvgIpc) is 3.23. The molecule has 8 nitrogen and oxygen atoms in total. The van der Waals surface area contributed by atoms with E-state index in [-0.39, 0.29) is 11.9 Å². The minimum atomic E-state index is -1.07. The number of nitrogens with zero attached hydrogens (tertiary/aromatic N) is 3. The second-order valence-electron chi connectivity index (χ2n) is 7.68. The number of ether oxygens (including phenoxy) is 2. The molecule has 0 fully saturated rings. The van der Waals surface area contributed by atoms with Gasteiger partial charge in [0, 0.05) is 22.8 Å². The predicted octanol–water partition coefficient (Wildman–Crippen LogP) is 4.07. The Morgan fingerprint density at radius 1 is 1.06 bits per heavy atom. The quantitative estimate of drug-likeness (QED) is 0.369. The number of rotatable bonds is 7. The summed E-state index contributed by atoms with van der Waals surface area (Å²) in [5, 5.41) is 9.57. The van der Waals surface area contributed by atoms with Gasteiger partial charge in [-0.15, -0.1) is 0 Å². The minimum Gasteiger partial charge on any atom is -0.469 e. The van der Waals surface area contributed by atoms with Gasteiger partial charge >= 0.3 is 11.9 Å². The second-order valence-corrected chi connectivity index (χ2v) is 8.60. The zero-order valence-corrected chi connectivity index (χ0v) is 20.3. The van der Waals surface area contributed by atoms with E-state index in [1.54, 1.807) is 0 Å². The van der Waals surface area contributed by atoms with Crippen LogP contribution in [0, 0.1) is 5.41 Å². The summed E-state index contributed by atoms with van der Waals surface area (Å²) in [4.78, 5) is 29.1. The third-order valence-corrected chi connectivity index (χ3v) is 6.13. The summed E-state index contributed by atoms with van der Waals surface area (Å²) in [5.74, 6) is -1.24. The first-order valence-electron chi connectivity index (χ1n) is 10.5. The van der Waals surface area contributed by atoms with Gasteiger partial charge in [-0.3, -0.25) is 10.2 Å². The number of methoxy groups -OCH3 is 2. The lowest BCUT2D eigenvalue weighted by Crippen LogP contribution is -2.33. The van der Waals surface area contributed by atoms with Crippen molar-refractivity contribution >= 4 is 38.9 Å². The van der Waals surface area contributed by atoms with Crippen LogP contribution in [0.2, 0.25) is 0 Å². The monoisotopic (exact) mass is 522 g/mol. The van der Waals surface area contributed by atoms with Crippen molar-refractivity contribution in [2.45, 2.75) is 19.0 Å². The largest absolute Gasteiger partial charge is 0.469 e. The van der Waals surface area contributed by atoms with Gasteiger partial charge in [0.25, 0.3) is 0 Å². The Balaban J connectivity index is 1.91. The third kappa shape index (κ3) is 4.65. The molecule has 0 spiro atoms. The molecule has 1 unspecified atom stereocenters. The minimum absolute atomic E-state index is 0.0534. The van der Waals surface area contributed by atoms with Crippen LogP contribution < -0.4 is 5.49 Å². The summed E-state index contributed by atoms with van der Waals surface area (Å²) in [6.07, 6.45) is 3.10. The van der Waals surface area contributed by atoms with Crippen molar-refractivity contribution in [2.75, 3.05) is 14.2 Å². The number of nitrogens with one attached hydrogen (secondary N) is 1. The molecule has 2 aromatic carbocycles. The standard InChI is InChI=1S/C25H23BrN4O4/c1-33-21(31)12-20(25(32)34-2)30-15-28-24-22(23(30)27)19(17-6-4-3-5-7-17)14-29(24)13-16-8-10-18(26)11-9-16/h3-11,14-15,20,27H,12-13H2,1-2H3. The lowest BCUT2D eigenvalue weighted by molar-refractivity contribution is -0.151. The molecule has 0 saturated carbocycles. The van der Waals surface area contributed by atoms with Crippen LogP contribution in [0.5, 0.6) is 0 Å². The highest BCUT2D eigenvalue weighted by Gasteiger charge is 2.27. The smallest absolute Gasteiger partial charge is 0.329 e. The molecule has 0 aliphatic carbocycles. The highest BCUT2D eigenvalue weighted by atomic mass is 79.9. The topological polar surface area (TPSA) is 99.2 Å². The number of benzene rings is 2. The molecule has 0 aliphatic heterocycles. The van der Waals surface area contributed by atoms with E-state index in [0.29, 0.717) is 17.6 Å². The SMILES string of the molecule is COC(=O)CC(C(=O)OC)n1cnc2c(c(-c3ccccc3)cn2Cc2ccc(Br)cc2)c1=N. The van der Waals surface area contributed by atoms with E-state index >= 15 is 0 Å². The maximum Gasteiger partial charge on any atom is 0.329 e. The van der Waals surface area contributed by atoms with Crippen LogP contribution in [0.15, 0.2) is 71.6 Å². The fourth-order valence-electron chi connectivity index (χ4n) is 3.87. The Kier molecular flexibility index (Phi) is 6.93. The Morgan fingerprint density at radius 2 is 1.76 bits per heavy atom. The number of esters is 2. The summed E-state index contributed by atoms with van der Waals surface area (Å²) >= 11 is 3.46. The number of carbonyl (C=O) groups is 2. The molecule has 1 N–H and O–H groups in total. The Labute approximate surface area is 204 Å². The first-order chi connectivity index (χ1) is 16.4. The summed E-state index contributed by atoms with van der Waals surface area (Å²) in [7, 11) is 2.49. The van der Waals surface area contributed by atoms with Gasteiger partial charge in [-0.2, -0.15) is 0 Å². The van der Waals surface area contributed by atoms with Gasteiger partial charge in [0.1, 0.15) is 17.2 Å².